The Bertz CT molecular complexity index is 853. The SMILES string of the molecule is Cc1cc(C(=O)N2CCCC(C3CC(N)CCO3)C2)nn1-c1ccccc1Br. The molecule has 3 unspecified atom stereocenters. The van der Waals surface area contributed by atoms with E-state index in [9.17, 15) is 4.79 Å². The van der Waals surface area contributed by atoms with E-state index in [1.807, 2.05) is 46.8 Å². The van der Waals surface area contributed by atoms with Gasteiger partial charge in [0.05, 0.1) is 11.8 Å². The number of hydrogen-bond donors (Lipinski definition) is 1. The molecule has 4 rings (SSSR count). The largest absolute Gasteiger partial charge is 0.378 e. The number of piperidine rings is 1. The zero-order valence-corrected chi connectivity index (χ0v) is 17.8. The lowest BCUT2D eigenvalue weighted by molar-refractivity contribution is -0.0440. The second kappa shape index (κ2) is 8.35. The fraction of sp³-hybridized carbons (Fsp3) is 0.524. The Balaban J connectivity index is 1.50. The zero-order chi connectivity index (χ0) is 19.7. The molecule has 1 amide bonds. The van der Waals surface area contributed by atoms with E-state index in [0.717, 1.165) is 61.2 Å². The second-order valence-corrected chi connectivity index (χ2v) is 8.74. The molecule has 0 bridgehead atoms. The standard InChI is InChI=1S/C21H27BrN4O2/c1-14-11-18(24-26(14)19-7-3-2-6-17(19)22)21(27)25-9-4-5-15(13-25)20-12-16(23)8-10-28-20/h2-3,6-7,11,15-16,20H,4-5,8-10,12-13,23H2,1H3. The van der Waals surface area contributed by atoms with Crippen LogP contribution in [0.5, 0.6) is 0 Å². The molecule has 2 aromatic rings. The monoisotopic (exact) mass is 446 g/mol. The molecule has 3 heterocycles. The second-order valence-electron chi connectivity index (χ2n) is 7.88. The van der Waals surface area contributed by atoms with Gasteiger partial charge in [-0.15, -0.1) is 0 Å². The number of rotatable bonds is 3. The van der Waals surface area contributed by atoms with E-state index in [0.29, 0.717) is 11.6 Å². The van der Waals surface area contributed by atoms with Crippen LogP contribution in [0, 0.1) is 12.8 Å². The molecule has 28 heavy (non-hydrogen) atoms. The van der Waals surface area contributed by atoms with Crippen molar-refractivity contribution in [1.29, 1.82) is 0 Å². The van der Waals surface area contributed by atoms with E-state index in [2.05, 4.69) is 21.0 Å². The van der Waals surface area contributed by atoms with Gasteiger partial charge >= 0.3 is 0 Å². The lowest BCUT2D eigenvalue weighted by Crippen LogP contribution is -2.47. The molecule has 0 radical (unpaired) electrons. The van der Waals surface area contributed by atoms with Gasteiger partial charge in [-0.1, -0.05) is 12.1 Å². The Morgan fingerprint density at radius 2 is 2.14 bits per heavy atom. The van der Waals surface area contributed by atoms with Crippen molar-refractivity contribution in [2.45, 2.75) is 44.8 Å². The topological polar surface area (TPSA) is 73.4 Å². The zero-order valence-electron chi connectivity index (χ0n) is 16.2. The number of aromatic nitrogens is 2. The lowest BCUT2D eigenvalue weighted by atomic mass is 9.87. The number of ether oxygens (including phenoxy) is 1. The molecule has 2 fully saturated rings. The summed E-state index contributed by atoms with van der Waals surface area (Å²) < 4.78 is 8.74. The van der Waals surface area contributed by atoms with Crippen LogP contribution < -0.4 is 5.73 Å². The number of para-hydroxylation sites is 1. The van der Waals surface area contributed by atoms with Gasteiger partial charge < -0.3 is 15.4 Å². The van der Waals surface area contributed by atoms with Gasteiger partial charge in [0.1, 0.15) is 0 Å². The molecule has 2 aliphatic heterocycles. The average molecular weight is 447 g/mol. The summed E-state index contributed by atoms with van der Waals surface area (Å²) in [4.78, 5) is 15.1. The number of likely N-dealkylation sites (tertiary alicyclic amines) is 1. The minimum atomic E-state index is -0.00119. The van der Waals surface area contributed by atoms with Crippen LogP contribution in [0.15, 0.2) is 34.8 Å². The van der Waals surface area contributed by atoms with Gasteiger partial charge in [-0.25, -0.2) is 4.68 Å². The summed E-state index contributed by atoms with van der Waals surface area (Å²) in [7, 11) is 0. The maximum Gasteiger partial charge on any atom is 0.274 e. The van der Waals surface area contributed by atoms with Crippen molar-refractivity contribution in [2.24, 2.45) is 11.7 Å². The van der Waals surface area contributed by atoms with Crippen LogP contribution in [0.4, 0.5) is 0 Å². The Labute approximate surface area is 174 Å². The summed E-state index contributed by atoms with van der Waals surface area (Å²) in [5, 5.41) is 4.61. The molecule has 1 aromatic carbocycles. The molecule has 150 valence electrons. The third-order valence-corrected chi connectivity index (χ3v) is 6.48. The highest BCUT2D eigenvalue weighted by molar-refractivity contribution is 9.10. The smallest absolute Gasteiger partial charge is 0.274 e. The van der Waals surface area contributed by atoms with E-state index < -0.39 is 0 Å². The number of nitrogens with zero attached hydrogens (tertiary/aromatic N) is 3. The number of halogens is 1. The Hall–Kier alpha value is -1.70. The van der Waals surface area contributed by atoms with Gasteiger partial charge in [-0.2, -0.15) is 5.10 Å². The van der Waals surface area contributed by atoms with Crippen molar-refractivity contribution in [2.75, 3.05) is 19.7 Å². The van der Waals surface area contributed by atoms with E-state index in [1.165, 1.54) is 0 Å². The maximum absolute atomic E-state index is 13.1. The average Bonchev–Trinajstić information content (AvgIpc) is 3.09. The van der Waals surface area contributed by atoms with E-state index >= 15 is 0 Å². The van der Waals surface area contributed by atoms with Gasteiger partial charge in [-0.3, -0.25) is 4.79 Å². The Morgan fingerprint density at radius 1 is 1.32 bits per heavy atom. The normalized spacial score (nSPS) is 25.7. The number of aryl methyl sites for hydroxylation is 1. The molecular formula is C21H27BrN4O2. The van der Waals surface area contributed by atoms with Crippen LogP contribution in [-0.4, -0.2) is 52.4 Å². The van der Waals surface area contributed by atoms with Crippen molar-refractivity contribution in [3.05, 3.63) is 46.2 Å². The van der Waals surface area contributed by atoms with E-state index in [4.69, 9.17) is 10.5 Å². The highest BCUT2D eigenvalue weighted by atomic mass is 79.9. The number of nitrogens with two attached hydrogens (primary N) is 1. The lowest BCUT2D eigenvalue weighted by Gasteiger charge is -2.39. The van der Waals surface area contributed by atoms with Crippen LogP contribution in [-0.2, 0) is 4.74 Å². The summed E-state index contributed by atoms with van der Waals surface area (Å²) in [6.07, 6.45) is 4.07. The molecule has 2 N–H and O–H groups in total. The molecule has 6 nitrogen and oxygen atoms in total. The number of amides is 1. The van der Waals surface area contributed by atoms with Crippen molar-refractivity contribution in [3.8, 4) is 5.69 Å². The highest BCUT2D eigenvalue weighted by Crippen LogP contribution is 2.28. The number of carbonyl (C=O) groups is 1. The summed E-state index contributed by atoms with van der Waals surface area (Å²) in [6.45, 7) is 4.19. The van der Waals surface area contributed by atoms with Crippen molar-refractivity contribution in [1.82, 2.24) is 14.7 Å². The summed E-state index contributed by atoms with van der Waals surface area (Å²) in [6, 6.07) is 9.98. The molecule has 0 aliphatic carbocycles. The third-order valence-electron chi connectivity index (χ3n) is 5.81. The van der Waals surface area contributed by atoms with E-state index in [1.54, 1.807) is 0 Å². The molecule has 2 saturated heterocycles. The van der Waals surface area contributed by atoms with Crippen molar-refractivity contribution < 1.29 is 9.53 Å². The Morgan fingerprint density at radius 3 is 2.93 bits per heavy atom. The first-order valence-corrected chi connectivity index (χ1v) is 10.8. The van der Waals surface area contributed by atoms with Crippen molar-refractivity contribution in [3.63, 3.8) is 0 Å². The van der Waals surface area contributed by atoms with Gasteiger partial charge in [-0.05, 0) is 66.7 Å². The fourth-order valence-corrected chi connectivity index (χ4v) is 4.74. The quantitative estimate of drug-likeness (QED) is 0.784. The molecule has 0 saturated carbocycles. The summed E-state index contributed by atoms with van der Waals surface area (Å²) in [5.41, 5.74) is 8.49. The van der Waals surface area contributed by atoms with E-state index in [-0.39, 0.29) is 18.1 Å². The van der Waals surface area contributed by atoms with Crippen LogP contribution in [0.1, 0.15) is 41.9 Å². The first-order valence-electron chi connectivity index (χ1n) is 10.0. The molecule has 0 spiro atoms. The van der Waals surface area contributed by atoms with Gasteiger partial charge in [0.25, 0.3) is 5.91 Å². The van der Waals surface area contributed by atoms with Gasteiger partial charge in [0, 0.05) is 41.8 Å². The number of benzene rings is 1. The third kappa shape index (κ3) is 4.02. The predicted molar refractivity (Wildman–Crippen MR) is 112 cm³/mol. The first kappa shape index (κ1) is 19.6. The van der Waals surface area contributed by atoms with Crippen LogP contribution in [0.2, 0.25) is 0 Å². The fourth-order valence-electron chi connectivity index (χ4n) is 4.29. The summed E-state index contributed by atoms with van der Waals surface area (Å²) >= 11 is 3.57. The first-order chi connectivity index (χ1) is 13.5. The number of carbonyl (C=O) groups excluding carboxylic acids is 1. The molecule has 7 heteroatoms. The molecule has 3 atom stereocenters. The maximum atomic E-state index is 13.1. The van der Waals surface area contributed by atoms with Gasteiger partial charge in [0.15, 0.2) is 5.69 Å². The number of hydrogen-bond acceptors (Lipinski definition) is 4. The molecule has 2 aliphatic rings. The van der Waals surface area contributed by atoms with Crippen molar-refractivity contribution >= 4 is 21.8 Å². The Kier molecular flexibility index (Phi) is 5.85. The van der Waals surface area contributed by atoms with Gasteiger partial charge in [0.2, 0.25) is 0 Å². The van der Waals surface area contributed by atoms with Crippen LogP contribution >= 0.6 is 15.9 Å². The minimum absolute atomic E-state index is 0.00119. The minimum Gasteiger partial charge on any atom is -0.378 e. The highest BCUT2D eigenvalue weighted by Gasteiger charge is 2.33. The predicted octanol–water partition coefficient (Wildman–Crippen LogP) is 3.30. The van der Waals surface area contributed by atoms with Crippen LogP contribution in [0.25, 0.3) is 5.69 Å². The van der Waals surface area contributed by atoms with Crippen LogP contribution in [0.3, 0.4) is 0 Å². The summed E-state index contributed by atoms with van der Waals surface area (Å²) in [5.74, 6) is 0.356. The molecular weight excluding hydrogens is 420 g/mol. The molecule has 1 aromatic heterocycles.